The minimum atomic E-state index is -0.0359. The molecule has 0 saturated carbocycles. The van der Waals surface area contributed by atoms with Crippen molar-refractivity contribution in [3.63, 3.8) is 0 Å². The summed E-state index contributed by atoms with van der Waals surface area (Å²) >= 11 is 0. The van der Waals surface area contributed by atoms with Crippen LogP contribution in [0.5, 0.6) is 11.5 Å². The van der Waals surface area contributed by atoms with Gasteiger partial charge in [0.25, 0.3) is 5.91 Å². The van der Waals surface area contributed by atoms with E-state index in [1.54, 1.807) is 50.4 Å². The normalized spacial score (nSPS) is 10.2. The molecule has 0 spiro atoms. The van der Waals surface area contributed by atoms with Crippen LogP contribution in [-0.4, -0.2) is 32.1 Å². The minimum Gasteiger partial charge on any atom is -0.497 e. The average Bonchev–Trinajstić information content (AvgIpc) is 2.54. The van der Waals surface area contributed by atoms with E-state index in [1.807, 2.05) is 25.1 Å². The number of hydrogen-bond acceptors (Lipinski definition) is 3. The SMILES string of the molecule is COc1ccc(C(=O)N(C)Cc2cc(C)ccc2OC)cc1. The van der Waals surface area contributed by atoms with Crippen LogP contribution in [0.25, 0.3) is 0 Å². The van der Waals surface area contributed by atoms with Crippen LogP contribution in [0.2, 0.25) is 0 Å². The summed E-state index contributed by atoms with van der Waals surface area (Å²) in [5, 5.41) is 0. The molecule has 2 aromatic carbocycles. The number of aryl methyl sites for hydroxylation is 1. The van der Waals surface area contributed by atoms with E-state index in [1.165, 1.54) is 0 Å². The summed E-state index contributed by atoms with van der Waals surface area (Å²) in [5.74, 6) is 1.49. The molecule has 0 aliphatic heterocycles. The molecule has 0 heterocycles. The van der Waals surface area contributed by atoms with Gasteiger partial charge in [-0.25, -0.2) is 0 Å². The molecule has 0 atom stereocenters. The van der Waals surface area contributed by atoms with Gasteiger partial charge in [0.1, 0.15) is 11.5 Å². The second-order valence-electron chi connectivity index (χ2n) is 5.21. The Balaban J connectivity index is 2.15. The molecule has 0 bridgehead atoms. The Labute approximate surface area is 131 Å². The Morgan fingerprint density at radius 3 is 2.32 bits per heavy atom. The van der Waals surface area contributed by atoms with Crippen LogP contribution in [0.15, 0.2) is 42.5 Å². The van der Waals surface area contributed by atoms with Gasteiger partial charge in [-0.1, -0.05) is 17.7 Å². The van der Waals surface area contributed by atoms with Gasteiger partial charge in [0.15, 0.2) is 0 Å². The summed E-state index contributed by atoms with van der Waals surface area (Å²) in [7, 11) is 5.03. The molecular weight excluding hydrogens is 278 g/mol. The molecule has 0 unspecified atom stereocenters. The van der Waals surface area contributed by atoms with Crippen LogP contribution >= 0.6 is 0 Å². The number of nitrogens with zero attached hydrogens (tertiary/aromatic N) is 1. The van der Waals surface area contributed by atoms with E-state index in [-0.39, 0.29) is 5.91 Å². The molecule has 0 saturated heterocycles. The molecule has 0 aliphatic rings. The fraction of sp³-hybridized carbons (Fsp3) is 0.278. The van der Waals surface area contributed by atoms with Crippen LogP contribution < -0.4 is 9.47 Å². The van der Waals surface area contributed by atoms with Gasteiger partial charge in [-0.05, 0) is 37.3 Å². The van der Waals surface area contributed by atoms with Gasteiger partial charge < -0.3 is 14.4 Å². The average molecular weight is 299 g/mol. The lowest BCUT2D eigenvalue weighted by molar-refractivity contribution is 0.0784. The Bertz CT molecular complexity index is 650. The van der Waals surface area contributed by atoms with E-state index < -0.39 is 0 Å². The number of carbonyl (C=O) groups is 1. The van der Waals surface area contributed by atoms with Crippen LogP contribution in [0.1, 0.15) is 21.5 Å². The third-order valence-electron chi connectivity index (χ3n) is 3.53. The van der Waals surface area contributed by atoms with Crippen LogP contribution in [0, 0.1) is 6.92 Å². The van der Waals surface area contributed by atoms with Crippen LogP contribution in [0.4, 0.5) is 0 Å². The number of carbonyl (C=O) groups excluding carboxylic acids is 1. The Hall–Kier alpha value is -2.49. The van der Waals surface area contributed by atoms with E-state index in [9.17, 15) is 4.79 Å². The van der Waals surface area contributed by atoms with Gasteiger partial charge in [0, 0.05) is 24.7 Å². The van der Waals surface area contributed by atoms with Crippen molar-refractivity contribution in [2.24, 2.45) is 0 Å². The summed E-state index contributed by atoms with van der Waals surface area (Å²) in [6, 6.07) is 13.1. The lowest BCUT2D eigenvalue weighted by atomic mass is 10.1. The summed E-state index contributed by atoms with van der Waals surface area (Å²) in [6.45, 7) is 2.52. The first-order valence-electron chi connectivity index (χ1n) is 7.08. The zero-order valence-corrected chi connectivity index (χ0v) is 13.4. The van der Waals surface area contributed by atoms with E-state index >= 15 is 0 Å². The van der Waals surface area contributed by atoms with Gasteiger partial charge in [0.2, 0.25) is 0 Å². The summed E-state index contributed by atoms with van der Waals surface area (Å²) in [4.78, 5) is 14.2. The van der Waals surface area contributed by atoms with Crippen molar-refractivity contribution in [1.29, 1.82) is 0 Å². The van der Waals surface area contributed by atoms with Crippen molar-refractivity contribution in [3.8, 4) is 11.5 Å². The lowest BCUT2D eigenvalue weighted by Crippen LogP contribution is -2.26. The Morgan fingerprint density at radius 2 is 1.73 bits per heavy atom. The second kappa shape index (κ2) is 6.98. The second-order valence-corrected chi connectivity index (χ2v) is 5.21. The van der Waals surface area contributed by atoms with Crippen LogP contribution in [0.3, 0.4) is 0 Å². The highest BCUT2D eigenvalue weighted by atomic mass is 16.5. The molecule has 0 N–H and O–H groups in total. The fourth-order valence-electron chi connectivity index (χ4n) is 2.31. The highest BCUT2D eigenvalue weighted by Crippen LogP contribution is 2.22. The Kier molecular flexibility index (Phi) is 5.04. The molecule has 1 amide bonds. The molecular formula is C18H21NO3. The topological polar surface area (TPSA) is 38.8 Å². The van der Waals surface area contributed by atoms with E-state index in [4.69, 9.17) is 9.47 Å². The van der Waals surface area contributed by atoms with Crippen molar-refractivity contribution in [1.82, 2.24) is 4.90 Å². The van der Waals surface area contributed by atoms with Crippen molar-refractivity contribution in [2.75, 3.05) is 21.3 Å². The largest absolute Gasteiger partial charge is 0.497 e. The molecule has 4 nitrogen and oxygen atoms in total. The molecule has 0 aliphatic carbocycles. The molecule has 2 rings (SSSR count). The Morgan fingerprint density at radius 1 is 1.05 bits per heavy atom. The van der Waals surface area contributed by atoms with Gasteiger partial charge in [-0.2, -0.15) is 0 Å². The first-order chi connectivity index (χ1) is 10.5. The highest BCUT2D eigenvalue weighted by molar-refractivity contribution is 5.94. The first-order valence-corrected chi connectivity index (χ1v) is 7.08. The minimum absolute atomic E-state index is 0.0359. The monoisotopic (exact) mass is 299 g/mol. The number of ether oxygens (including phenoxy) is 2. The number of benzene rings is 2. The predicted octanol–water partition coefficient (Wildman–Crippen LogP) is 3.28. The fourth-order valence-corrected chi connectivity index (χ4v) is 2.31. The molecule has 116 valence electrons. The van der Waals surface area contributed by atoms with E-state index in [2.05, 4.69) is 0 Å². The first kappa shape index (κ1) is 15.9. The van der Waals surface area contributed by atoms with Gasteiger partial charge >= 0.3 is 0 Å². The zero-order chi connectivity index (χ0) is 16.1. The number of hydrogen-bond donors (Lipinski definition) is 0. The molecule has 4 heteroatoms. The van der Waals surface area contributed by atoms with Crippen molar-refractivity contribution >= 4 is 5.91 Å². The van der Waals surface area contributed by atoms with Crippen molar-refractivity contribution < 1.29 is 14.3 Å². The lowest BCUT2D eigenvalue weighted by Gasteiger charge is -2.19. The summed E-state index contributed by atoms with van der Waals surface area (Å²) < 4.78 is 10.5. The quantitative estimate of drug-likeness (QED) is 0.850. The van der Waals surface area contributed by atoms with E-state index in [0.717, 1.165) is 22.6 Å². The third-order valence-corrected chi connectivity index (χ3v) is 3.53. The van der Waals surface area contributed by atoms with Gasteiger partial charge in [-0.15, -0.1) is 0 Å². The van der Waals surface area contributed by atoms with Crippen molar-refractivity contribution in [2.45, 2.75) is 13.5 Å². The summed E-state index contributed by atoms with van der Waals surface area (Å²) in [5.41, 5.74) is 2.77. The molecule has 22 heavy (non-hydrogen) atoms. The molecule has 0 aromatic heterocycles. The third kappa shape index (κ3) is 3.58. The zero-order valence-electron chi connectivity index (χ0n) is 13.4. The number of rotatable bonds is 5. The van der Waals surface area contributed by atoms with Gasteiger partial charge in [-0.3, -0.25) is 4.79 Å². The smallest absolute Gasteiger partial charge is 0.253 e. The maximum Gasteiger partial charge on any atom is 0.253 e. The number of methoxy groups -OCH3 is 2. The molecule has 2 aromatic rings. The standard InChI is InChI=1S/C18H21NO3/c1-13-5-10-17(22-4)15(11-13)12-19(2)18(20)14-6-8-16(21-3)9-7-14/h5-11H,12H2,1-4H3. The highest BCUT2D eigenvalue weighted by Gasteiger charge is 2.14. The maximum absolute atomic E-state index is 12.5. The van der Waals surface area contributed by atoms with Crippen LogP contribution in [-0.2, 0) is 6.54 Å². The molecule has 0 radical (unpaired) electrons. The van der Waals surface area contributed by atoms with Crippen molar-refractivity contribution in [3.05, 3.63) is 59.2 Å². The van der Waals surface area contributed by atoms with E-state index in [0.29, 0.717) is 12.1 Å². The number of amides is 1. The van der Waals surface area contributed by atoms with Gasteiger partial charge in [0.05, 0.1) is 14.2 Å². The maximum atomic E-state index is 12.5. The summed E-state index contributed by atoms with van der Waals surface area (Å²) in [6.07, 6.45) is 0. The molecule has 0 fully saturated rings. The predicted molar refractivity (Wildman–Crippen MR) is 86.5 cm³/mol.